The standard InChI is InChI=1S/C63H39N5O/c1-4-15-40(16-5-1)44-19-14-20-45(37-44)41-27-29-43(30-28-41)62-64-61(42-17-6-2-7-18-42)65-63(66-62)68-56-35-31-46(47-32-36-58-54(39-47)50-24-11-13-26-57(50)69-58)38-53(56)52-34-33-51-49-23-10-12-25-55(49)67(59(51)60(52)68)48-21-8-3-9-22-48/h1-39H. The molecule has 0 radical (unpaired) electrons. The average molecular weight is 882 g/mol. The van der Waals surface area contributed by atoms with E-state index in [4.69, 9.17) is 19.4 Å². The average Bonchev–Trinajstić information content (AvgIpc) is 4.09. The Kier molecular flexibility index (Phi) is 8.79. The summed E-state index contributed by atoms with van der Waals surface area (Å²) >= 11 is 0. The fourth-order valence-electron chi connectivity index (χ4n) is 10.3. The van der Waals surface area contributed by atoms with E-state index >= 15 is 0 Å². The second-order valence-corrected chi connectivity index (χ2v) is 17.6. The van der Waals surface area contributed by atoms with E-state index in [9.17, 15) is 0 Å². The van der Waals surface area contributed by atoms with Gasteiger partial charge < -0.3 is 8.98 Å². The van der Waals surface area contributed by atoms with Crippen molar-refractivity contribution in [2.75, 3.05) is 0 Å². The number of hydrogen-bond acceptors (Lipinski definition) is 4. The van der Waals surface area contributed by atoms with Gasteiger partial charge in [-0.05, 0) is 88.0 Å². The van der Waals surface area contributed by atoms with E-state index in [1.165, 1.54) is 16.5 Å². The predicted molar refractivity (Wildman–Crippen MR) is 283 cm³/mol. The van der Waals surface area contributed by atoms with Gasteiger partial charge in [0.25, 0.3) is 0 Å². The van der Waals surface area contributed by atoms with Crippen LogP contribution in [0.1, 0.15) is 0 Å². The lowest BCUT2D eigenvalue weighted by Gasteiger charge is -2.13. The van der Waals surface area contributed by atoms with Gasteiger partial charge in [-0.1, -0.05) is 182 Å². The fourth-order valence-corrected chi connectivity index (χ4v) is 10.3. The van der Waals surface area contributed by atoms with E-state index in [1.807, 2.05) is 30.3 Å². The van der Waals surface area contributed by atoms with Crippen molar-refractivity contribution in [1.82, 2.24) is 24.1 Å². The summed E-state index contributed by atoms with van der Waals surface area (Å²) in [6, 6.07) is 83.4. The molecular formula is C63H39N5O. The van der Waals surface area contributed by atoms with Crippen LogP contribution in [0, 0.1) is 0 Å². The lowest BCUT2D eigenvalue weighted by molar-refractivity contribution is 0.669. The van der Waals surface area contributed by atoms with Gasteiger partial charge >= 0.3 is 0 Å². The lowest BCUT2D eigenvalue weighted by atomic mass is 9.98. The zero-order chi connectivity index (χ0) is 45.4. The van der Waals surface area contributed by atoms with Crippen LogP contribution in [-0.4, -0.2) is 24.1 Å². The van der Waals surface area contributed by atoms with Crippen LogP contribution in [-0.2, 0) is 0 Å². The summed E-state index contributed by atoms with van der Waals surface area (Å²) in [6.45, 7) is 0. The van der Waals surface area contributed by atoms with Crippen LogP contribution >= 0.6 is 0 Å². The summed E-state index contributed by atoms with van der Waals surface area (Å²) in [5, 5.41) is 6.71. The van der Waals surface area contributed by atoms with Crippen molar-refractivity contribution < 1.29 is 4.42 Å². The van der Waals surface area contributed by atoms with E-state index in [2.05, 4.69) is 215 Å². The van der Waals surface area contributed by atoms with Crippen molar-refractivity contribution in [3.8, 4) is 67.8 Å². The van der Waals surface area contributed by atoms with Gasteiger partial charge in [-0.3, -0.25) is 4.57 Å². The zero-order valence-corrected chi connectivity index (χ0v) is 37.2. The summed E-state index contributed by atoms with van der Waals surface area (Å²) in [5.74, 6) is 1.72. The molecule has 0 saturated carbocycles. The molecule has 69 heavy (non-hydrogen) atoms. The van der Waals surface area contributed by atoms with E-state index in [0.29, 0.717) is 17.6 Å². The van der Waals surface area contributed by atoms with Crippen molar-refractivity contribution >= 4 is 65.6 Å². The molecule has 0 aliphatic rings. The Labute approximate surface area is 396 Å². The number of furan rings is 1. The monoisotopic (exact) mass is 881 g/mol. The van der Waals surface area contributed by atoms with Gasteiger partial charge in [0.2, 0.25) is 5.95 Å². The third kappa shape index (κ3) is 6.38. The number of nitrogens with zero attached hydrogens (tertiary/aromatic N) is 5. The molecule has 0 bridgehead atoms. The summed E-state index contributed by atoms with van der Waals surface area (Å²) < 4.78 is 10.9. The first-order chi connectivity index (χ1) is 34.2. The highest BCUT2D eigenvalue weighted by Crippen LogP contribution is 2.43. The third-order valence-corrected chi connectivity index (χ3v) is 13.6. The molecule has 0 aliphatic heterocycles. The van der Waals surface area contributed by atoms with Crippen molar-refractivity contribution in [3.63, 3.8) is 0 Å². The maximum Gasteiger partial charge on any atom is 0.238 e. The second-order valence-electron chi connectivity index (χ2n) is 17.6. The lowest BCUT2D eigenvalue weighted by Crippen LogP contribution is -2.07. The van der Waals surface area contributed by atoms with Gasteiger partial charge in [0.1, 0.15) is 11.2 Å². The molecule has 4 heterocycles. The summed E-state index contributed by atoms with van der Waals surface area (Å²) in [7, 11) is 0. The third-order valence-electron chi connectivity index (χ3n) is 13.6. The number of benzene rings is 10. The van der Waals surface area contributed by atoms with Gasteiger partial charge in [-0.2, -0.15) is 9.97 Å². The minimum absolute atomic E-state index is 0.537. The number of hydrogen-bond donors (Lipinski definition) is 0. The van der Waals surface area contributed by atoms with Gasteiger partial charge in [-0.25, -0.2) is 4.98 Å². The topological polar surface area (TPSA) is 61.7 Å². The number of para-hydroxylation sites is 3. The van der Waals surface area contributed by atoms with Crippen molar-refractivity contribution in [2.45, 2.75) is 0 Å². The fraction of sp³-hybridized carbons (Fsp3) is 0. The van der Waals surface area contributed by atoms with E-state index < -0.39 is 0 Å². The molecule has 10 aromatic carbocycles. The van der Waals surface area contributed by atoms with Crippen LogP contribution < -0.4 is 0 Å². The molecule has 0 atom stereocenters. The SMILES string of the molecule is c1ccc(-c2cccc(-c3ccc(-c4nc(-c5ccccc5)nc(-n5c6ccc(-c7ccc8oc9ccccc9c8c7)cc6c6ccc7c8ccccc8n(-c8ccccc8)c7c65)n4)cc3)c2)cc1. The first-order valence-corrected chi connectivity index (χ1v) is 23.3. The minimum Gasteiger partial charge on any atom is -0.456 e. The van der Waals surface area contributed by atoms with Gasteiger partial charge in [-0.15, -0.1) is 0 Å². The first kappa shape index (κ1) is 38.8. The molecule has 0 amide bonds. The Morgan fingerprint density at radius 2 is 0.754 bits per heavy atom. The van der Waals surface area contributed by atoms with Crippen LogP contribution in [0.5, 0.6) is 0 Å². The Balaban J connectivity index is 1.02. The van der Waals surface area contributed by atoms with Crippen molar-refractivity contribution in [1.29, 1.82) is 0 Å². The molecular weight excluding hydrogens is 843 g/mol. The first-order valence-electron chi connectivity index (χ1n) is 23.3. The number of fused-ring (bicyclic) bond motifs is 10. The van der Waals surface area contributed by atoms with Crippen LogP contribution in [0.4, 0.5) is 0 Å². The molecule has 14 rings (SSSR count). The molecule has 0 spiro atoms. The minimum atomic E-state index is 0.537. The van der Waals surface area contributed by atoms with Crippen LogP contribution in [0.15, 0.2) is 241 Å². The maximum atomic E-state index is 6.24. The Hall–Kier alpha value is -9.39. The van der Waals surface area contributed by atoms with Crippen LogP contribution in [0.25, 0.3) is 133 Å². The normalized spacial score (nSPS) is 11.8. The Morgan fingerprint density at radius 3 is 1.49 bits per heavy atom. The molecule has 6 heteroatoms. The molecule has 6 nitrogen and oxygen atoms in total. The highest BCUT2D eigenvalue weighted by molar-refractivity contribution is 6.24. The highest BCUT2D eigenvalue weighted by atomic mass is 16.3. The molecule has 0 aliphatic carbocycles. The largest absolute Gasteiger partial charge is 0.456 e. The molecule has 14 aromatic rings. The maximum absolute atomic E-state index is 6.24. The van der Waals surface area contributed by atoms with Gasteiger partial charge in [0, 0.05) is 49.1 Å². The molecule has 0 fully saturated rings. The number of rotatable bonds is 7. The summed E-state index contributed by atoms with van der Waals surface area (Å²) in [5.41, 5.74) is 15.7. The Morgan fingerprint density at radius 1 is 0.275 bits per heavy atom. The second kappa shape index (κ2) is 15.6. The smallest absolute Gasteiger partial charge is 0.238 e. The quantitative estimate of drug-likeness (QED) is 0.160. The number of aromatic nitrogens is 5. The van der Waals surface area contributed by atoms with Gasteiger partial charge in [0.05, 0.1) is 22.1 Å². The van der Waals surface area contributed by atoms with E-state index in [1.54, 1.807) is 0 Å². The molecule has 0 saturated heterocycles. The van der Waals surface area contributed by atoms with E-state index in [-0.39, 0.29) is 0 Å². The van der Waals surface area contributed by atoms with Crippen LogP contribution in [0.2, 0.25) is 0 Å². The van der Waals surface area contributed by atoms with E-state index in [0.717, 1.165) is 99.2 Å². The molecule has 4 aromatic heterocycles. The zero-order valence-electron chi connectivity index (χ0n) is 37.2. The van der Waals surface area contributed by atoms with Gasteiger partial charge in [0.15, 0.2) is 11.6 Å². The van der Waals surface area contributed by atoms with Crippen LogP contribution in [0.3, 0.4) is 0 Å². The summed E-state index contributed by atoms with van der Waals surface area (Å²) in [4.78, 5) is 16.1. The molecule has 0 N–H and O–H groups in total. The van der Waals surface area contributed by atoms with Crippen molar-refractivity contribution in [3.05, 3.63) is 237 Å². The Bertz CT molecular complexity index is 4280. The predicted octanol–water partition coefficient (Wildman–Crippen LogP) is 16.3. The van der Waals surface area contributed by atoms with Crippen molar-refractivity contribution in [2.24, 2.45) is 0 Å². The highest BCUT2D eigenvalue weighted by Gasteiger charge is 2.24. The summed E-state index contributed by atoms with van der Waals surface area (Å²) in [6.07, 6.45) is 0. The molecule has 0 unspecified atom stereocenters. The molecule has 322 valence electrons.